The van der Waals surface area contributed by atoms with Crippen molar-refractivity contribution < 1.29 is 9.59 Å². The number of thiophene rings is 1. The zero-order chi connectivity index (χ0) is 18.5. The highest BCUT2D eigenvalue weighted by molar-refractivity contribution is 7.80. The van der Waals surface area contributed by atoms with Gasteiger partial charge in [0.15, 0.2) is 5.11 Å². The van der Waals surface area contributed by atoms with Crippen LogP contribution in [0.3, 0.4) is 0 Å². The zero-order valence-electron chi connectivity index (χ0n) is 14.5. The molecule has 2 N–H and O–H groups in total. The molecule has 1 saturated heterocycles. The number of likely N-dealkylation sites (tertiary alicyclic amines) is 1. The minimum Gasteiger partial charge on any atom is -0.339 e. The van der Waals surface area contributed by atoms with E-state index in [4.69, 9.17) is 12.2 Å². The molecule has 0 aliphatic carbocycles. The van der Waals surface area contributed by atoms with Gasteiger partial charge in [0.2, 0.25) is 0 Å². The fraction of sp³-hybridized carbons (Fsp3) is 0.316. The molecule has 0 bridgehead atoms. The Hall–Kier alpha value is -2.25. The maximum atomic E-state index is 12.5. The molecule has 1 aromatic carbocycles. The molecule has 5 nitrogen and oxygen atoms in total. The number of carbonyl (C=O) groups excluding carboxylic acids is 2. The lowest BCUT2D eigenvalue weighted by molar-refractivity contribution is 0.0697. The summed E-state index contributed by atoms with van der Waals surface area (Å²) in [6.07, 6.45) is 2.12. The second kappa shape index (κ2) is 8.42. The van der Waals surface area contributed by atoms with Gasteiger partial charge in [0.1, 0.15) is 0 Å². The summed E-state index contributed by atoms with van der Waals surface area (Å²) in [6.45, 7) is 3.86. The Balaban J connectivity index is 1.55. The van der Waals surface area contributed by atoms with E-state index in [0.29, 0.717) is 16.4 Å². The van der Waals surface area contributed by atoms with E-state index in [9.17, 15) is 9.59 Å². The van der Waals surface area contributed by atoms with Gasteiger partial charge in [-0.25, -0.2) is 0 Å². The molecule has 2 aromatic rings. The third-order valence-electron chi connectivity index (χ3n) is 4.43. The SMILES string of the molecule is CC1CCN(C(=O)c2ccc(NC(=S)NC(=O)c3cccs3)cc2)CC1. The van der Waals surface area contributed by atoms with E-state index in [-0.39, 0.29) is 16.9 Å². The molecular formula is C19H21N3O2S2. The Bertz CT molecular complexity index is 780. The van der Waals surface area contributed by atoms with Gasteiger partial charge < -0.3 is 10.2 Å². The lowest BCUT2D eigenvalue weighted by Crippen LogP contribution is -2.37. The van der Waals surface area contributed by atoms with Gasteiger partial charge in [-0.2, -0.15) is 0 Å². The first kappa shape index (κ1) is 18.5. The van der Waals surface area contributed by atoms with E-state index >= 15 is 0 Å². The first-order chi connectivity index (χ1) is 12.5. The van der Waals surface area contributed by atoms with Crippen molar-refractivity contribution in [1.29, 1.82) is 0 Å². The Labute approximate surface area is 162 Å². The average molecular weight is 388 g/mol. The predicted molar refractivity (Wildman–Crippen MR) is 109 cm³/mol. The maximum Gasteiger partial charge on any atom is 0.267 e. The molecule has 0 atom stereocenters. The lowest BCUT2D eigenvalue weighted by Gasteiger charge is -2.30. The van der Waals surface area contributed by atoms with Crippen molar-refractivity contribution >= 4 is 46.2 Å². The number of nitrogens with zero attached hydrogens (tertiary/aromatic N) is 1. The van der Waals surface area contributed by atoms with Crippen molar-refractivity contribution in [2.45, 2.75) is 19.8 Å². The molecule has 2 amide bonds. The van der Waals surface area contributed by atoms with Crippen molar-refractivity contribution in [1.82, 2.24) is 10.2 Å². The number of hydrogen-bond donors (Lipinski definition) is 2. The zero-order valence-corrected chi connectivity index (χ0v) is 16.2. The summed E-state index contributed by atoms with van der Waals surface area (Å²) < 4.78 is 0. The number of nitrogens with one attached hydrogen (secondary N) is 2. The van der Waals surface area contributed by atoms with E-state index in [1.807, 2.05) is 16.3 Å². The van der Waals surface area contributed by atoms with Crippen LogP contribution >= 0.6 is 23.6 Å². The van der Waals surface area contributed by atoms with Crippen molar-refractivity contribution in [3.05, 3.63) is 52.2 Å². The summed E-state index contributed by atoms with van der Waals surface area (Å²) in [7, 11) is 0. The van der Waals surface area contributed by atoms with Crippen LogP contribution in [0.4, 0.5) is 5.69 Å². The van der Waals surface area contributed by atoms with Crippen molar-refractivity contribution in [2.24, 2.45) is 5.92 Å². The predicted octanol–water partition coefficient (Wildman–Crippen LogP) is 3.75. The van der Waals surface area contributed by atoms with Gasteiger partial charge >= 0.3 is 0 Å². The smallest absolute Gasteiger partial charge is 0.267 e. The summed E-state index contributed by atoms with van der Waals surface area (Å²) in [6, 6.07) is 10.7. The van der Waals surface area contributed by atoms with E-state index in [0.717, 1.165) is 31.6 Å². The van der Waals surface area contributed by atoms with Crippen LogP contribution in [0.2, 0.25) is 0 Å². The summed E-state index contributed by atoms with van der Waals surface area (Å²) in [5.41, 5.74) is 1.39. The fourth-order valence-corrected chi connectivity index (χ4v) is 3.65. The number of thiocarbonyl (C=S) groups is 1. The van der Waals surface area contributed by atoms with Gasteiger partial charge in [-0.05, 0) is 66.7 Å². The van der Waals surface area contributed by atoms with E-state index < -0.39 is 0 Å². The lowest BCUT2D eigenvalue weighted by atomic mass is 9.98. The topological polar surface area (TPSA) is 61.4 Å². The third kappa shape index (κ3) is 4.68. The molecule has 1 fully saturated rings. The molecule has 136 valence electrons. The fourth-order valence-electron chi connectivity index (χ4n) is 2.83. The van der Waals surface area contributed by atoms with E-state index in [1.165, 1.54) is 11.3 Å². The van der Waals surface area contributed by atoms with Crippen LogP contribution in [0.1, 0.15) is 39.8 Å². The highest BCUT2D eigenvalue weighted by Gasteiger charge is 2.21. The normalized spacial score (nSPS) is 14.7. The number of hydrogen-bond acceptors (Lipinski definition) is 4. The average Bonchev–Trinajstić information content (AvgIpc) is 3.17. The molecule has 0 saturated carbocycles. The van der Waals surface area contributed by atoms with Gasteiger partial charge in [-0.15, -0.1) is 11.3 Å². The molecule has 1 aliphatic rings. The van der Waals surface area contributed by atoms with Gasteiger partial charge in [0.05, 0.1) is 4.88 Å². The molecule has 0 unspecified atom stereocenters. The molecule has 0 radical (unpaired) electrons. The Kier molecular flexibility index (Phi) is 6.00. The first-order valence-corrected chi connectivity index (χ1v) is 9.87. The summed E-state index contributed by atoms with van der Waals surface area (Å²) in [4.78, 5) is 27.0. The minimum absolute atomic E-state index is 0.0667. The second-order valence-corrected chi connectivity index (χ2v) is 7.79. The number of benzene rings is 1. The first-order valence-electron chi connectivity index (χ1n) is 8.58. The van der Waals surface area contributed by atoms with Gasteiger partial charge in [0, 0.05) is 24.3 Å². The summed E-state index contributed by atoms with van der Waals surface area (Å²) in [5, 5.41) is 7.67. The summed E-state index contributed by atoms with van der Waals surface area (Å²) >= 11 is 6.53. The number of amides is 2. The van der Waals surface area contributed by atoms with Crippen LogP contribution in [0.5, 0.6) is 0 Å². The monoisotopic (exact) mass is 387 g/mol. The second-order valence-electron chi connectivity index (χ2n) is 6.44. The highest BCUT2D eigenvalue weighted by Crippen LogP contribution is 2.19. The maximum absolute atomic E-state index is 12.5. The minimum atomic E-state index is -0.233. The number of piperidine rings is 1. The van der Waals surface area contributed by atoms with Gasteiger partial charge in [-0.3, -0.25) is 14.9 Å². The Morgan fingerprint density at radius 1 is 1.15 bits per heavy atom. The van der Waals surface area contributed by atoms with Gasteiger partial charge in [-0.1, -0.05) is 13.0 Å². The number of rotatable bonds is 3. The summed E-state index contributed by atoms with van der Waals surface area (Å²) in [5.74, 6) is 0.525. The van der Waals surface area contributed by atoms with E-state index in [2.05, 4.69) is 17.6 Å². The van der Waals surface area contributed by atoms with Gasteiger partial charge in [0.25, 0.3) is 11.8 Å². The van der Waals surface area contributed by atoms with Crippen LogP contribution in [-0.2, 0) is 0 Å². The van der Waals surface area contributed by atoms with E-state index in [1.54, 1.807) is 30.3 Å². The Morgan fingerprint density at radius 2 is 1.85 bits per heavy atom. The highest BCUT2D eigenvalue weighted by atomic mass is 32.1. The van der Waals surface area contributed by atoms with Crippen LogP contribution in [0, 0.1) is 5.92 Å². The van der Waals surface area contributed by atoms with Crippen LogP contribution in [-0.4, -0.2) is 34.9 Å². The van der Waals surface area contributed by atoms with Crippen LogP contribution in [0.25, 0.3) is 0 Å². The number of anilines is 1. The molecule has 2 heterocycles. The molecular weight excluding hydrogens is 366 g/mol. The molecule has 26 heavy (non-hydrogen) atoms. The van der Waals surface area contributed by atoms with Crippen molar-refractivity contribution in [3.63, 3.8) is 0 Å². The quantitative estimate of drug-likeness (QED) is 0.788. The Morgan fingerprint density at radius 3 is 2.46 bits per heavy atom. The molecule has 3 rings (SSSR count). The largest absolute Gasteiger partial charge is 0.339 e. The van der Waals surface area contributed by atoms with Crippen LogP contribution < -0.4 is 10.6 Å². The third-order valence-corrected chi connectivity index (χ3v) is 5.51. The van der Waals surface area contributed by atoms with Crippen LogP contribution in [0.15, 0.2) is 41.8 Å². The molecule has 7 heteroatoms. The molecule has 1 aliphatic heterocycles. The van der Waals surface area contributed by atoms with Crippen molar-refractivity contribution in [2.75, 3.05) is 18.4 Å². The van der Waals surface area contributed by atoms with Crippen molar-refractivity contribution in [3.8, 4) is 0 Å². The number of carbonyl (C=O) groups is 2. The standard InChI is InChI=1S/C19H21N3O2S2/c1-13-8-10-22(11-9-13)18(24)14-4-6-15(7-5-14)20-19(25)21-17(23)16-3-2-12-26-16/h2-7,12-13H,8-11H2,1H3,(H2,20,21,23,25). The molecule has 1 aromatic heterocycles. The molecule has 0 spiro atoms.